The fraction of sp³-hybridized carbons (Fsp3) is 0.500. The molecule has 21 heavy (non-hydrogen) atoms. The molecule has 0 N–H and O–H groups in total. The monoisotopic (exact) mass is 283 g/mol. The Morgan fingerprint density at radius 3 is 2.38 bits per heavy atom. The molecule has 1 aromatic rings. The second-order valence-electron chi connectivity index (χ2n) is 6.41. The molecule has 110 valence electrons. The molecular formula is C18H21NO2. The van der Waals surface area contributed by atoms with Gasteiger partial charge >= 0.3 is 6.09 Å². The predicted octanol–water partition coefficient (Wildman–Crippen LogP) is 4.23. The SMILES string of the molecule is CCCC1=C(C)[C@H]2[C@@H]1[C@@H]1c3ccccc3[C@H]2N1C(=O)OC. The van der Waals surface area contributed by atoms with E-state index in [1.54, 1.807) is 5.57 Å². The minimum Gasteiger partial charge on any atom is -0.453 e. The Kier molecular flexibility index (Phi) is 2.69. The van der Waals surface area contributed by atoms with Crippen LogP contribution < -0.4 is 0 Å². The van der Waals surface area contributed by atoms with Gasteiger partial charge in [-0.25, -0.2) is 4.79 Å². The molecule has 0 radical (unpaired) electrons. The summed E-state index contributed by atoms with van der Waals surface area (Å²) in [6.45, 7) is 4.48. The average molecular weight is 283 g/mol. The number of benzene rings is 1. The number of ether oxygens (including phenoxy) is 1. The maximum Gasteiger partial charge on any atom is 0.410 e. The van der Waals surface area contributed by atoms with Gasteiger partial charge in [-0.1, -0.05) is 48.8 Å². The molecule has 1 fully saturated rings. The fourth-order valence-electron chi connectivity index (χ4n) is 4.91. The van der Waals surface area contributed by atoms with Crippen molar-refractivity contribution in [2.24, 2.45) is 11.8 Å². The van der Waals surface area contributed by atoms with E-state index < -0.39 is 0 Å². The molecular weight excluding hydrogens is 262 g/mol. The van der Waals surface area contributed by atoms with Gasteiger partial charge in [0.25, 0.3) is 0 Å². The third kappa shape index (κ3) is 1.42. The summed E-state index contributed by atoms with van der Waals surface area (Å²) in [6.07, 6.45) is 2.15. The molecule has 2 heterocycles. The van der Waals surface area contributed by atoms with Crippen LogP contribution in [0.5, 0.6) is 0 Å². The first-order chi connectivity index (χ1) is 10.2. The van der Waals surface area contributed by atoms with Crippen LogP contribution in [0.15, 0.2) is 35.4 Å². The number of nitrogens with zero attached hydrogens (tertiary/aromatic N) is 1. The molecule has 3 nitrogen and oxygen atoms in total. The highest BCUT2D eigenvalue weighted by Gasteiger charge is 2.63. The predicted molar refractivity (Wildman–Crippen MR) is 80.8 cm³/mol. The van der Waals surface area contributed by atoms with E-state index in [0.717, 1.165) is 6.42 Å². The normalized spacial score (nSPS) is 31.9. The Morgan fingerprint density at radius 2 is 1.81 bits per heavy atom. The number of fused-ring (bicyclic) bond motifs is 8. The quantitative estimate of drug-likeness (QED) is 0.760. The highest BCUT2D eigenvalue weighted by Crippen LogP contribution is 2.68. The number of amides is 1. The molecule has 2 aliphatic heterocycles. The zero-order chi connectivity index (χ0) is 14.7. The summed E-state index contributed by atoms with van der Waals surface area (Å²) in [5, 5.41) is 0. The summed E-state index contributed by atoms with van der Waals surface area (Å²) in [4.78, 5) is 14.3. The lowest BCUT2D eigenvalue weighted by molar-refractivity contribution is 0.107. The maximum atomic E-state index is 12.3. The smallest absolute Gasteiger partial charge is 0.410 e. The van der Waals surface area contributed by atoms with Crippen LogP contribution in [0.2, 0.25) is 0 Å². The van der Waals surface area contributed by atoms with E-state index in [1.165, 1.54) is 30.2 Å². The van der Waals surface area contributed by atoms with Crippen LogP contribution in [0.1, 0.15) is 49.9 Å². The van der Waals surface area contributed by atoms with Gasteiger partial charge < -0.3 is 4.74 Å². The summed E-state index contributed by atoms with van der Waals surface area (Å²) in [6, 6.07) is 8.90. The maximum absolute atomic E-state index is 12.3. The van der Waals surface area contributed by atoms with Gasteiger partial charge in [-0.2, -0.15) is 0 Å². The molecule has 0 aromatic heterocycles. The van der Waals surface area contributed by atoms with Gasteiger partial charge in [-0.05, 0) is 24.5 Å². The molecule has 2 bridgehead atoms. The number of carbonyl (C=O) groups is 1. The van der Waals surface area contributed by atoms with Crippen molar-refractivity contribution in [3.8, 4) is 0 Å². The lowest BCUT2D eigenvalue weighted by atomic mass is 9.59. The molecule has 3 aliphatic rings. The van der Waals surface area contributed by atoms with Crippen molar-refractivity contribution in [1.82, 2.24) is 4.90 Å². The molecule has 1 aromatic carbocycles. The molecule has 0 spiro atoms. The van der Waals surface area contributed by atoms with Crippen LogP contribution in [0, 0.1) is 11.8 Å². The second kappa shape index (κ2) is 4.36. The van der Waals surface area contributed by atoms with Crippen molar-refractivity contribution >= 4 is 6.09 Å². The minimum atomic E-state index is -0.181. The fourth-order valence-corrected chi connectivity index (χ4v) is 4.91. The second-order valence-corrected chi connectivity index (χ2v) is 6.41. The molecule has 0 saturated carbocycles. The molecule has 1 amide bonds. The Balaban J connectivity index is 1.82. The van der Waals surface area contributed by atoms with E-state index in [-0.39, 0.29) is 18.2 Å². The van der Waals surface area contributed by atoms with Crippen molar-refractivity contribution in [1.29, 1.82) is 0 Å². The molecule has 3 heteroatoms. The van der Waals surface area contributed by atoms with Crippen LogP contribution >= 0.6 is 0 Å². The summed E-state index contributed by atoms with van der Waals surface area (Å²) < 4.78 is 5.07. The van der Waals surface area contributed by atoms with Gasteiger partial charge in [-0.3, -0.25) is 4.90 Å². The van der Waals surface area contributed by atoms with Crippen molar-refractivity contribution in [2.75, 3.05) is 7.11 Å². The molecule has 4 atom stereocenters. The number of carbonyl (C=O) groups excluding carboxylic acids is 1. The highest BCUT2D eigenvalue weighted by molar-refractivity contribution is 5.73. The molecule has 1 aliphatic carbocycles. The Morgan fingerprint density at radius 1 is 1.19 bits per heavy atom. The summed E-state index contributed by atoms with van der Waals surface area (Å²) >= 11 is 0. The zero-order valence-corrected chi connectivity index (χ0v) is 12.8. The van der Waals surface area contributed by atoms with Gasteiger partial charge in [-0.15, -0.1) is 0 Å². The van der Waals surface area contributed by atoms with Crippen LogP contribution in [0.25, 0.3) is 0 Å². The first-order valence-electron chi connectivity index (χ1n) is 7.85. The van der Waals surface area contributed by atoms with Gasteiger partial charge in [0, 0.05) is 11.8 Å². The van der Waals surface area contributed by atoms with Crippen LogP contribution in [-0.2, 0) is 4.74 Å². The van der Waals surface area contributed by atoms with Gasteiger partial charge in [0.1, 0.15) is 0 Å². The lowest BCUT2D eigenvalue weighted by Gasteiger charge is -2.43. The first kappa shape index (κ1) is 12.9. The lowest BCUT2D eigenvalue weighted by Crippen LogP contribution is -2.33. The highest BCUT2D eigenvalue weighted by atomic mass is 16.5. The molecule has 1 saturated heterocycles. The van der Waals surface area contributed by atoms with E-state index in [0.29, 0.717) is 11.8 Å². The number of hydrogen-bond acceptors (Lipinski definition) is 2. The van der Waals surface area contributed by atoms with Crippen molar-refractivity contribution in [3.63, 3.8) is 0 Å². The van der Waals surface area contributed by atoms with Crippen LogP contribution in [0.3, 0.4) is 0 Å². The Bertz CT molecular complexity index is 648. The molecule has 4 rings (SSSR count). The largest absolute Gasteiger partial charge is 0.453 e. The van der Waals surface area contributed by atoms with Crippen LogP contribution in [-0.4, -0.2) is 18.1 Å². The van der Waals surface area contributed by atoms with E-state index in [4.69, 9.17) is 4.74 Å². The van der Waals surface area contributed by atoms with E-state index in [9.17, 15) is 4.79 Å². The van der Waals surface area contributed by atoms with Gasteiger partial charge in [0.2, 0.25) is 0 Å². The standard InChI is InChI=1S/C18H21NO2/c1-4-7-11-10(2)14-15(11)17-13-9-6-5-8-12(13)16(14)19(17)18(20)21-3/h5-6,8-9,14-17H,4,7H2,1-3H3/t14-,15+,16+,17-/m0/s1. The van der Waals surface area contributed by atoms with E-state index >= 15 is 0 Å². The Hall–Kier alpha value is -1.77. The van der Waals surface area contributed by atoms with Crippen LogP contribution in [0.4, 0.5) is 4.79 Å². The average Bonchev–Trinajstić information content (AvgIpc) is 3.00. The van der Waals surface area contributed by atoms with Gasteiger partial charge in [0.05, 0.1) is 19.2 Å². The van der Waals surface area contributed by atoms with E-state index in [1.807, 2.05) is 4.90 Å². The number of rotatable bonds is 2. The number of hydrogen-bond donors (Lipinski definition) is 0. The zero-order valence-electron chi connectivity index (χ0n) is 12.8. The number of methoxy groups -OCH3 is 1. The summed E-state index contributed by atoms with van der Waals surface area (Å²) in [5.74, 6) is 1.02. The van der Waals surface area contributed by atoms with Crippen molar-refractivity contribution < 1.29 is 9.53 Å². The van der Waals surface area contributed by atoms with Gasteiger partial charge in [0.15, 0.2) is 0 Å². The van der Waals surface area contributed by atoms with Crippen molar-refractivity contribution in [3.05, 3.63) is 46.5 Å². The van der Waals surface area contributed by atoms with E-state index in [2.05, 4.69) is 38.1 Å². The third-order valence-electron chi connectivity index (χ3n) is 5.61. The third-order valence-corrected chi connectivity index (χ3v) is 5.61. The summed E-state index contributed by atoms with van der Waals surface area (Å²) in [5.41, 5.74) is 5.75. The topological polar surface area (TPSA) is 29.5 Å². The summed E-state index contributed by atoms with van der Waals surface area (Å²) in [7, 11) is 1.49. The van der Waals surface area contributed by atoms with Crippen molar-refractivity contribution in [2.45, 2.75) is 38.8 Å². The first-order valence-corrected chi connectivity index (χ1v) is 7.85. The Labute approximate surface area is 125 Å². The minimum absolute atomic E-state index is 0.181. The molecule has 0 unspecified atom stereocenters.